The molecule has 0 aromatic carbocycles. The second kappa shape index (κ2) is 12.2. The van der Waals surface area contributed by atoms with Crippen LogP contribution in [0.15, 0.2) is 77.5 Å². The first-order valence-corrected chi connectivity index (χ1v) is 13.1. The number of allylic oxidation sites excluding steroid dienone is 8. The van der Waals surface area contributed by atoms with Crippen LogP contribution in [0.4, 0.5) is 4.39 Å². The molecule has 7 nitrogen and oxygen atoms in total. The average Bonchev–Trinajstić information content (AvgIpc) is 3.42. The molecule has 1 heterocycles. The van der Waals surface area contributed by atoms with Gasteiger partial charge in [-0.25, -0.2) is 9.37 Å². The molecule has 0 aliphatic heterocycles. The van der Waals surface area contributed by atoms with Crippen LogP contribution in [0.5, 0.6) is 0 Å². The summed E-state index contributed by atoms with van der Waals surface area (Å²) < 4.78 is 15.7. The molecule has 4 radical (unpaired) electrons. The van der Waals surface area contributed by atoms with Crippen molar-refractivity contribution in [3.05, 3.63) is 77.5 Å². The molecular weight excluding hydrogens is 495 g/mol. The highest BCUT2D eigenvalue weighted by molar-refractivity contribution is 6.15. The molecule has 10 heteroatoms. The van der Waals surface area contributed by atoms with E-state index in [1.807, 2.05) is 38.2 Å². The number of hydrogen-bond donors (Lipinski definition) is 4. The summed E-state index contributed by atoms with van der Waals surface area (Å²) in [6.07, 6.45) is 12.4. The van der Waals surface area contributed by atoms with Gasteiger partial charge in [0.2, 0.25) is 5.91 Å². The van der Waals surface area contributed by atoms with E-state index >= 15 is 0 Å². The molecule has 206 valence electrons. The molecule has 0 saturated heterocycles. The Hall–Kier alpha value is -2.68. The van der Waals surface area contributed by atoms with Gasteiger partial charge in [-0.1, -0.05) is 49.8 Å². The predicted octanol–water partition coefficient (Wildman–Crippen LogP) is 3.14. The van der Waals surface area contributed by atoms with Gasteiger partial charge >= 0.3 is 0 Å². The molecule has 0 bridgehead atoms. The van der Waals surface area contributed by atoms with Gasteiger partial charge in [-0.2, -0.15) is 0 Å². The standard InChI is InChI=1S/C29H38B2FN3O4/c1-17(9-10-20-19(3)29(39,12-11-28(20,4)5)35-14-13-33-16-35)7-6-8-18(2)15-21(36)34-25-23(31)26(37)24(32)22(30)27(25)38/h6-10,13-16,22-27,37-39H,11-12H2,1-5H3,(H,34,36)/b8-6+,10-9+,17-7+,18-15+. The Morgan fingerprint density at radius 2 is 1.85 bits per heavy atom. The first-order valence-electron chi connectivity index (χ1n) is 13.1. The molecule has 7 atom stereocenters. The summed E-state index contributed by atoms with van der Waals surface area (Å²) >= 11 is 0. The molecule has 7 unspecified atom stereocenters. The number of nitrogens with zero attached hydrogens (tertiary/aromatic N) is 2. The zero-order valence-electron chi connectivity index (χ0n) is 23.3. The molecule has 2 aliphatic rings. The number of carbonyl (C=O) groups is 1. The van der Waals surface area contributed by atoms with E-state index in [0.717, 1.165) is 23.1 Å². The summed E-state index contributed by atoms with van der Waals surface area (Å²) in [4.78, 5) is 16.5. The number of alkyl halides is 1. The van der Waals surface area contributed by atoms with Crippen molar-refractivity contribution < 1.29 is 24.5 Å². The van der Waals surface area contributed by atoms with Crippen molar-refractivity contribution >= 4 is 21.6 Å². The summed E-state index contributed by atoms with van der Waals surface area (Å²) in [5, 5.41) is 34.1. The minimum Gasteiger partial charge on any atom is -0.391 e. The Morgan fingerprint density at radius 1 is 1.15 bits per heavy atom. The number of rotatable bonds is 7. The number of carbonyl (C=O) groups excluding carboxylic acids is 1. The number of aromatic nitrogens is 2. The van der Waals surface area contributed by atoms with Crippen LogP contribution in [0.3, 0.4) is 0 Å². The van der Waals surface area contributed by atoms with Crippen molar-refractivity contribution in [2.75, 3.05) is 0 Å². The number of aliphatic hydroxyl groups excluding tert-OH is 2. The van der Waals surface area contributed by atoms with E-state index in [1.54, 1.807) is 36.3 Å². The lowest BCUT2D eigenvalue weighted by molar-refractivity contribution is -0.119. The predicted molar refractivity (Wildman–Crippen MR) is 152 cm³/mol. The molecule has 1 fully saturated rings. The molecule has 4 N–H and O–H groups in total. The summed E-state index contributed by atoms with van der Waals surface area (Å²) in [5.41, 5.74) is 2.35. The molecule has 1 saturated carbocycles. The number of imidazole rings is 1. The Morgan fingerprint density at radius 3 is 2.49 bits per heavy atom. The number of halogens is 1. The SMILES string of the molecule is [B]C1C(O)C(NC(=O)/C=C(C)/C=C/C=C(C)/C=C/C2=C(C)C(O)(n3ccnc3)CCC2(C)C)C([B])C(O)C1F. The fourth-order valence-corrected chi connectivity index (χ4v) is 5.26. The van der Waals surface area contributed by atoms with Crippen LogP contribution in [-0.4, -0.2) is 70.9 Å². The fraction of sp³-hybridized carbons (Fsp3) is 0.517. The molecule has 2 aliphatic carbocycles. The van der Waals surface area contributed by atoms with E-state index < -0.39 is 47.7 Å². The van der Waals surface area contributed by atoms with E-state index in [1.165, 1.54) is 6.08 Å². The molecule has 0 spiro atoms. The normalized spacial score (nSPS) is 34.2. The monoisotopic (exact) mass is 533 g/mol. The van der Waals surface area contributed by atoms with Crippen LogP contribution in [0, 0.1) is 5.41 Å². The maximum absolute atomic E-state index is 13.9. The van der Waals surface area contributed by atoms with E-state index in [2.05, 4.69) is 24.1 Å². The third-order valence-corrected chi connectivity index (χ3v) is 7.93. The van der Waals surface area contributed by atoms with Crippen LogP contribution in [0.25, 0.3) is 0 Å². The molecule has 1 amide bonds. The molecule has 1 aromatic rings. The van der Waals surface area contributed by atoms with Gasteiger partial charge in [0, 0.05) is 24.9 Å². The van der Waals surface area contributed by atoms with Gasteiger partial charge in [0.25, 0.3) is 0 Å². The third-order valence-electron chi connectivity index (χ3n) is 7.93. The smallest absolute Gasteiger partial charge is 0.244 e. The average molecular weight is 533 g/mol. The van der Waals surface area contributed by atoms with Crippen LogP contribution in [0.1, 0.15) is 47.5 Å². The minimum atomic E-state index is -1.88. The van der Waals surface area contributed by atoms with Gasteiger partial charge in [0.05, 0.1) is 40.3 Å². The number of aliphatic hydroxyl groups is 3. The lowest BCUT2D eigenvalue weighted by Crippen LogP contribution is -2.58. The largest absolute Gasteiger partial charge is 0.391 e. The lowest BCUT2D eigenvalue weighted by Gasteiger charge is -2.43. The van der Waals surface area contributed by atoms with Crippen molar-refractivity contribution in [1.29, 1.82) is 0 Å². The van der Waals surface area contributed by atoms with Gasteiger partial charge in [-0.05, 0) is 61.0 Å². The van der Waals surface area contributed by atoms with Crippen molar-refractivity contribution in [3.63, 3.8) is 0 Å². The lowest BCUT2D eigenvalue weighted by atomic mass is 9.59. The maximum atomic E-state index is 13.9. The zero-order valence-corrected chi connectivity index (χ0v) is 23.3. The highest BCUT2D eigenvalue weighted by Crippen LogP contribution is 2.47. The first kappa shape index (κ1) is 30.9. The van der Waals surface area contributed by atoms with Crippen molar-refractivity contribution in [1.82, 2.24) is 14.9 Å². The number of nitrogens with one attached hydrogen (secondary N) is 1. The van der Waals surface area contributed by atoms with Gasteiger partial charge in [-0.3, -0.25) is 4.79 Å². The molecule has 39 heavy (non-hydrogen) atoms. The van der Waals surface area contributed by atoms with Crippen molar-refractivity contribution in [2.45, 2.75) is 89.2 Å². The molecule has 3 rings (SSSR count). The van der Waals surface area contributed by atoms with Gasteiger partial charge in [0.1, 0.15) is 6.17 Å². The highest BCUT2D eigenvalue weighted by Gasteiger charge is 2.46. The summed E-state index contributed by atoms with van der Waals surface area (Å²) in [6, 6.07) is -1.08. The summed E-state index contributed by atoms with van der Waals surface area (Å²) in [5.74, 6) is -3.08. The Bertz CT molecular complexity index is 1180. The first-order chi connectivity index (χ1) is 18.2. The fourth-order valence-electron chi connectivity index (χ4n) is 5.26. The van der Waals surface area contributed by atoms with Crippen LogP contribution in [0.2, 0.25) is 11.6 Å². The summed E-state index contributed by atoms with van der Waals surface area (Å²) in [7, 11) is 11.4. The van der Waals surface area contributed by atoms with Gasteiger partial charge in [0.15, 0.2) is 5.72 Å². The topological polar surface area (TPSA) is 108 Å². The Balaban J connectivity index is 1.68. The third kappa shape index (κ3) is 6.73. The van der Waals surface area contributed by atoms with E-state index in [4.69, 9.17) is 15.7 Å². The number of hydrogen-bond acceptors (Lipinski definition) is 5. The minimum absolute atomic E-state index is 0.101. The van der Waals surface area contributed by atoms with Crippen molar-refractivity contribution in [2.24, 2.45) is 5.41 Å². The highest BCUT2D eigenvalue weighted by atomic mass is 19.1. The van der Waals surface area contributed by atoms with Crippen molar-refractivity contribution in [3.8, 4) is 0 Å². The van der Waals surface area contributed by atoms with E-state index in [-0.39, 0.29) is 5.41 Å². The zero-order chi connectivity index (χ0) is 29.1. The molecule has 1 aromatic heterocycles. The van der Waals surface area contributed by atoms with Crippen LogP contribution >= 0.6 is 0 Å². The second-order valence-corrected chi connectivity index (χ2v) is 11.3. The van der Waals surface area contributed by atoms with Crippen LogP contribution < -0.4 is 5.32 Å². The van der Waals surface area contributed by atoms with E-state index in [9.17, 15) is 24.5 Å². The van der Waals surface area contributed by atoms with Gasteiger partial charge in [-0.15, -0.1) is 0 Å². The Labute approximate surface area is 233 Å². The maximum Gasteiger partial charge on any atom is 0.244 e. The Kier molecular flexibility index (Phi) is 9.68. The number of amides is 1. The second-order valence-electron chi connectivity index (χ2n) is 11.3. The molecular formula is C29H38B2FN3O4. The van der Waals surface area contributed by atoms with Gasteiger partial charge < -0.3 is 25.2 Å². The van der Waals surface area contributed by atoms with Crippen LogP contribution in [-0.2, 0) is 10.5 Å². The quantitative estimate of drug-likeness (QED) is 0.245. The summed E-state index contributed by atoms with van der Waals surface area (Å²) in [6.45, 7) is 10.00. The van der Waals surface area contributed by atoms with E-state index in [0.29, 0.717) is 12.0 Å².